The predicted octanol–water partition coefficient (Wildman–Crippen LogP) is -1.09. The molecular weight excluding hydrogens is 254 g/mol. The molecule has 0 saturated heterocycles. The average molecular weight is 266 g/mol. The lowest BCUT2D eigenvalue weighted by Gasteiger charge is -2.04. The van der Waals surface area contributed by atoms with E-state index in [1.54, 1.807) is 0 Å². The van der Waals surface area contributed by atoms with E-state index in [9.17, 15) is 9.59 Å². The number of carbonyl (C=O) groups is 1. The Hall–Kier alpha value is -2.11. The average Bonchev–Trinajstić information content (AvgIpc) is 2.25. The molecule has 1 rings (SSSR count). The van der Waals surface area contributed by atoms with Gasteiger partial charge in [-0.3, -0.25) is 9.59 Å². The van der Waals surface area contributed by atoms with Crippen LogP contribution in [0.4, 0.5) is 5.82 Å². The van der Waals surface area contributed by atoms with Crippen molar-refractivity contribution in [2.45, 2.75) is 5.16 Å². The molecule has 1 atom stereocenters. The summed E-state index contributed by atoms with van der Waals surface area (Å²) in [5.41, 5.74) is 8.72. The van der Waals surface area contributed by atoms with Crippen molar-refractivity contribution >= 4 is 23.4 Å². The molecule has 0 bridgehead atoms. The van der Waals surface area contributed by atoms with Gasteiger partial charge in [0.1, 0.15) is 11.5 Å². The lowest BCUT2D eigenvalue weighted by atomic mass is 10.1. The molecule has 0 unspecified atom stereocenters. The van der Waals surface area contributed by atoms with Gasteiger partial charge in [0.05, 0.1) is 11.8 Å². The van der Waals surface area contributed by atoms with Gasteiger partial charge in [-0.1, -0.05) is 11.8 Å². The van der Waals surface area contributed by atoms with E-state index in [0.29, 0.717) is 0 Å². The molecule has 18 heavy (non-hydrogen) atoms. The Kier molecular flexibility index (Phi) is 4.65. The maximum atomic E-state index is 11.7. The summed E-state index contributed by atoms with van der Waals surface area (Å²) in [5.74, 6) is -1.22. The third kappa shape index (κ3) is 3.73. The fraction of sp³-hybridized carbons (Fsp3) is 0.200. The number of anilines is 1. The summed E-state index contributed by atoms with van der Waals surface area (Å²) >= 11 is 1.00. The minimum atomic E-state index is -0.940. The second-order valence-electron chi connectivity index (χ2n) is 3.45. The largest absolute Gasteiger partial charge is 0.383 e. The van der Waals surface area contributed by atoms with Crippen molar-refractivity contribution in [2.24, 2.45) is 5.92 Å². The number of nitriles is 1. The first-order valence-corrected chi connectivity index (χ1v) is 5.85. The van der Waals surface area contributed by atoms with Crippen molar-refractivity contribution in [3.05, 3.63) is 28.7 Å². The molecule has 0 aliphatic rings. The minimum Gasteiger partial charge on any atom is -0.383 e. The van der Waals surface area contributed by atoms with E-state index in [1.807, 2.05) is 6.07 Å². The summed E-state index contributed by atoms with van der Waals surface area (Å²) in [4.78, 5) is 29.0. The predicted molar refractivity (Wildman–Crippen MR) is 66.1 cm³/mol. The van der Waals surface area contributed by atoms with E-state index in [4.69, 9.17) is 11.0 Å². The Bertz CT molecular complexity index is 574. The molecule has 1 aromatic heterocycles. The van der Waals surface area contributed by atoms with E-state index in [2.05, 4.69) is 22.3 Å². The van der Waals surface area contributed by atoms with Crippen molar-refractivity contribution in [1.29, 1.82) is 5.26 Å². The Morgan fingerprint density at radius 3 is 2.94 bits per heavy atom. The number of allylic oxidation sites excluding steroid dienone is 1. The first kappa shape index (κ1) is 14.0. The Morgan fingerprint density at radius 1 is 1.78 bits per heavy atom. The Balaban J connectivity index is 2.71. The number of nitrogens with zero attached hydrogens (tertiary/aromatic N) is 2. The van der Waals surface area contributed by atoms with Gasteiger partial charge in [0, 0.05) is 6.07 Å². The van der Waals surface area contributed by atoms with Crippen molar-refractivity contribution in [2.75, 3.05) is 11.5 Å². The van der Waals surface area contributed by atoms with E-state index in [-0.39, 0.29) is 28.2 Å². The number of aromatic nitrogens is 2. The molecule has 0 aromatic carbocycles. The number of quaternary nitrogens is 1. The van der Waals surface area contributed by atoms with E-state index >= 15 is 0 Å². The maximum absolute atomic E-state index is 11.7. The zero-order valence-corrected chi connectivity index (χ0v) is 10.3. The minimum absolute atomic E-state index is 0.0147. The van der Waals surface area contributed by atoms with Crippen LogP contribution < -0.4 is 17.0 Å². The van der Waals surface area contributed by atoms with Gasteiger partial charge >= 0.3 is 0 Å². The number of ketones is 1. The number of H-pyrrole nitrogens is 1. The van der Waals surface area contributed by atoms with Gasteiger partial charge in [0.15, 0.2) is 16.9 Å². The highest BCUT2D eigenvalue weighted by molar-refractivity contribution is 7.99. The highest BCUT2D eigenvalue weighted by Gasteiger charge is 2.22. The molecule has 0 fully saturated rings. The van der Waals surface area contributed by atoms with Gasteiger partial charge in [0.25, 0.3) is 5.56 Å². The van der Waals surface area contributed by atoms with Crippen molar-refractivity contribution in [3.8, 4) is 6.07 Å². The summed E-state index contributed by atoms with van der Waals surface area (Å²) in [7, 11) is 0. The van der Waals surface area contributed by atoms with Crippen LogP contribution >= 0.6 is 11.8 Å². The Morgan fingerprint density at radius 2 is 2.44 bits per heavy atom. The van der Waals surface area contributed by atoms with E-state index in [0.717, 1.165) is 17.8 Å². The summed E-state index contributed by atoms with van der Waals surface area (Å²) in [6, 6.07) is 2.96. The summed E-state index contributed by atoms with van der Waals surface area (Å²) in [6.45, 7) is 3.47. The lowest BCUT2D eigenvalue weighted by Crippen LogP contribution is -2.51. The Labute approximate surface area is 107 Å². The third-order valence-electron chi connectivity index (χ3n) is 1.95. The number of nitrogens with one attached hydrogen (secondary N) is 1. The molecule has 94 valence electrons. The topological polar surface area (TPSA) is 140 Å². The third-order valence-corrected chi connectivity index (χ3v) is 2.85. The highest BCUT2D eigenvalue weighted by atomic mass is 32.2. The molecule has 1 aromatic rings. The van der Waals surface area contributed by atoms with Crippen LogP contribution in [0.3, 0.4) is 0 Å². The van der Waals surface area contributed by atoms with Crippen LogP contribution in [0, 0.1) is 17.2 Å². The van der Waals surface area contributed by atoms with Gasteiger partial charge in [-0.25, -0.2) is 4.98 Å². The SMILES string of the molecule is C=C([NH3+])[C@@H](C#N)C(=O)CSc1nc(N)cc(=O)[nH]1. The molecule has 8 heteroatoms. The number of nitrogens with two attached hydrogens (primary N) is 1. The number of aromatic amines is 1. The lowest BCUT2D eigenvalue weighted by molar-refractivity contribution is -0.309. The summed E-state index contributed by atoms with van der Waals surface area (Å²) < 4.78 is 0. The number of hydrogen-bond acceptors (Lipinski definition) is 6. The fourth-order valence-corrected chi connectivity index (χ4v) is 1.92. The van der Waals surface area contributed by atoms with Gasteiger partial charge < -0.3 is 16.5 Å². The highest BCUT2D eigenvalue weighted by Crippen LogP contribution is 2.15. The fourth-order valence-electron chi connectivity index (χ4n) is 1.14. The van der Waals surface area contributed by atoms with Gasteiger partial charge in [0.2, 0.25) is 0 Å². The van der Waals surface area contributed by atoms with Crippen LogP contribution in [0.15, 0.2) is 28.3 Å². The summed E-state index contributed by atoms with van der Waals surface area (Å²) in [5, 5.41) is 9.01. The first-order chi connectivity index (χ1) is 8.43. The van der Waals surface area contributed by atoms with Gasteiger partial charge in [-0.05, 0) is 6.58 Å². The zero-order chi connectivity index (χ0) is 13.7. The van der Waals surface area contributed by atoms with Crippen molar-refractivity contribution in [1.82, 2.24) is 9.97 Å². The number of nitrogen functional groups attached to an aromatic ring is 1. The molecule has 6 N–H and O–H groups in total. The normalized spacial score (nSPS) is 11.6. The van der Waals surface area contributed by atoms with Crippen molar-refractivity contribution in [3.63, 3.8) is 0 Å². The quantitative estimate of drug-likeness (QED) is 0.457. The smallest absolute Gasteiger partial charge is 0.253 e. The maximum Gasteiger partial charge on any atom is 0.253 e. The molecule has 1 heterocycles. The second-order valence-corrected chi connectivity index (χ2v) is 4.41. The van der Waals surface area contributed by atoms with Crippen LogP contribution in [0.5, 0.6) is 0 Å². The van der Waals surface area contributed by atoms with Crippen molar-refractivity contribution < 1.29 is 10.5 Å². The standard InChI is InChI=1S/C10H11N5O2S/c1-5(12)6(3-11)7(16)4-18-10-14-8(13)2-9(17)15-10/h2,6H,1,4,12H2,(H3,13,14,15,17)/p+1/t6-/m1/s1. The molecule has 7 nitrogen and oxygen atoms in total. The molecule has 0 spiro atoms. The van der Waals surface area contributed by atoms with Gasteiger partial charge in [-0.2, -0.15) is 5.26 Å². The monoisotopic (exact) mass is 266 g/mol. The van der Waals surface area contributed by atoms with Gasteiger partial charge in [-0.15, -0.1) is 0 Å². The molecule has 0 saturated carbocycles. The molecular formula is C10H12N5O2S+. The molecule has 0 aliphatic heterocycles. The number of rotatable bonds is 5. The van der Waals surface area contributed by atoms with E-state index in [1.165, 1.54) is 0 Å². The molecule has 0 amide bonds. The number of thioether (sulfide) groups is 1. The summed E-state index contributed by atoms with van der Waals surface area (Å²) in [6.07, 6.45) is 0. The second kappa shape index (κ2) is 6.00. The van der Waals surface area contributed by atoms with Crippen LogP contribution in [0.2, 0.25) is 0 Å². The zero-order valence-electron chi connectivity index (χ0n) is 9.47. The molecule has 0 aliphatic carbocycles. The number of hydrogen-bond donors (Lipinski definition) is 3. The first-order valence-electron chi connectivity index (χ1n) is 4.86. The van der Waals surface area contributed by atoms with Crippen LogP contribution in [0.1, 0.15) is 0 Å². The van der Waals surface area contributed by atoms with Crippen LogP contribution in [-0.4, -0.2) is 21.5 Å². The number of carbonyl (C=O) groups excluding carboxylic acids is 1. The van der Waals surface area contributed by atoms with Crippen LogP contribution in [0.25, 0.3) is 0 Å². The van der Waals surface area contributed by atoms with E-state index < -0.39 is 11.5 Å². The number of Topliss-reactive ketones (excluding diaryl/α,β-unsaturated/α-hetero) is 1. The molecule has 0 radical (unpaired) electrons. The van der Waals surface area contributed by atoms with Crippen LogP contribution in [-0.2, 0) is 4.79 Å².